The lowest BCUT2D eigenvalue weighted by atomic mass is 9.92. The molecule has 3 heteroatoms. The molecular weight excluding hydrogens is 152 g/mol. The maximum absolute atomic E-state index is 5.61. The minimum Gasteiger partial charge on any atom is -0.377 e. The van der Waals surface area contributed by atoms with E-state index in [1.807, 2.05) is 7.11 Å². The molecule has 72 valence electrons. The molecule has 0 aromatic heterocycles. The van der Waals surface area contributed by atoms with E-state index in [9.17, 15) is 0 Å². The van der Waals surface area contributed by atoms with Crippen LogP contribution in [-0.4, -0.2) is 51.3 Å². The van der Waals surface area contributed by atoms with Crippen LogP contribution in [0, 0.1) is 0 Å². The van der Waals surface area contributed by atoms with Crippen molar-refractivity contribution < 1.29 is 4.74 Å². The number of nitrogens with zero attached hydrogens (tertiary/aromatic N) is 1. The Hall–Kier alpha value is -0.120. The van der Waals surface area contributed by atoms with Crippen molar-refractivity contribution in [3.8, 4) is 0 Å². The van der Waals surface area contributed by atoms with Gasteiger partial charge in [-0.25, -0.2) is 0 Å². The van der Waals surface area contributed by atoms with E-state index in [2.05, 4.69) is 24.3 Å². The summed E-state index contributed by atoms with van der Waals surface area (Å²) in [4.78, 5) is 2.20. The number of hydrogen-bond acceptors (Lipinski definition) is 3. The summed E-state index contributed by atoms with van der Waals surface area (Å²) in [7, 11) is 6.03. The van der Waals surface area contributed by atoms with Crippen LogP contribution in [0.4, 0.5) is 0 Å². The Bertz CT molecular complexity index is 130. The first-order chi connectivity index (χ1) is 5.68. The fraction of sp³-hybridized carbons (Fsp3) is 1.00. The van der Waals surface area contributed by atoms with E-state index in [1.54, 1.807) is 0 Å². The molecule has 1 aliphatic rings. The Kier molecular flexibility index (Phi) is 3.50. The smallest absolute Gasteiger partial charge is 0.0828 e. The van der Waals surface area contributed by atoms with Gasteiger partial charge in [0.25, 0.3) is 0 Å². The Morgan fingerprint density at radius 1 is 1.33 bits per heavy atom. The van der Waals surface area contributed by atoms with Crippen LogP contribution in [0.5, 0.6) is 0 Å². The summed E-state index contributed by atoms with van der Waals surface area (Å²) in [6, 6.07) is 0. The number of piperidine rings is 1. The number of methoxy groups -OCH3 is 1. The summed E-state index contributed by atoms with van der Waals surface area (Å²) in [5.74, 6) is 0. The Balaban J connectivity index is 2.48. The van der Waals surface area contributed by atoms with Gasteiger partial charge in [-0.15, -0.1) is 0 Å². The molecule has 1 fully saturated rings. The van der Waals surface area contributed by atoms with Gasteiger partial charge in [0, 0.05) is 13.7 Å². The molecule has 0 amide bonds. The number of likely N-dealkylation sites (N-methyl/N-ethyl adjacent to an activating group) is 1. The maximum atomic E-state index is 5.61. The molecule has 0 unspecified atom stereocenters. The van der Waals surface area contributed by atoms with Crippen molar-refractivity contribution in [3.05, 3.63) is 0 Å². The van der Waals surface area contributed by atoms with Crippen molar-refractivity contribution >= 4 is 0 Å². The fourth-order valence-corrected chi connectivity index (χ4v) is 1.89. The van der Waals surface area contributed by atoms with Crippen LogP contribution in [0.3, 0.4) is 0 Å². The normalized spacial score (nSPS) is 23.0. The highest BCUT2D eigenvalue weighted by Gasteiger charge is 2.31. The van der Waals surface area contributed by atoms with Crippen molar-refractivity contribution in [2.45, 2.75) is 18.4 Å². The van der Waals surface area contributed by atoms with Gasteiger partial charge >= 0.3 is 0 Å². The largest absolute Gasteiger partial charge is 0.377 e. The lowest BCUT2D eigenvalue weighted by Gasteiger charge is -2.38. The highest BCUT2D eigenvalue weighted by Crippen LogP contribution is 2.22. The predicted octanol–water partition coefficient (Wildman–Crippen LogP) is 0.317. The van der Waals surface area contributed by atoms with Gasteiger partial charge in [0.05, 0.1) is 5.60 Å². The lowest BCUT2D eigenvalue weighted by molar-refractivity contribution is -0.0494. The van der Waals surface area contributed by atoms with Crippen molar-refractivity contribution in [1.82, 2.24) is 10.2 Å². The molecule has 1 aliphatic heterocycles. The van der Waals surface area contributed by atoms with E-state index in [0.29, 0.717) is 0 Å². The van der Waals surface area contributed by atoms with Crippen LogP contribution >= 0.6 is 0 Å². The van der Waals surface area contributed by atoms with Gasteiger partial charge < -0.3 is 15.0 Å². The van der Waals surface area contributed by atoms with Gasteiger partial charge in [-0.05, 0) is 40.0 Å². The van der Waals surface area contributed by atoms with Gasteiger partial charge in [0.1, 0.15) is 0 Å². The second-order valence-corrected chi connectivity index (χ2v) is 3.87. The van der Waals surface area contributed by atoms with E-state index in [-0.39, 0.29) is 5.60 Å². The summed E-state index contributed by atoms with van der Waals surface area (Å²) >= 11 is 0. The van der Waals surface area contributed by atoms with Crippen molar-refractivity contribution in [3.63, 3.8) is 0 Å². The fourth-order valence-electron chi connectivity index (χ4n) is 1.89. The summed E-state index contributed by atoms with van der Waals surface area (Å²) in [6.45, 7) is 3.20. The van der Waals surface area contributed by atoms with Crippen LogP contribution in [-0.2, 0) is 4.74 Å². The highest BCUT2D eigenvalue weighted by atomic mass is 16.5. The number of nitrogens with one attached hydrogen (secondary N) is 1. The van der Waals surface area contributed by atoms with Crippen molar-refractivity contribution in [2.75, 3.05) is 40.8 Å². The maximum Gasteiger partial charge on any atom is 0.0828 e. The van der Waals surface area contributed by atoms with Gasteiger partial charge in [0.15, 0.2) is 0 Å². The number of rotatable bonds is 3. The molecule has 1 rings (SSSR count). The third-order valence-corrected chi connectivity index (χ3v) is 2.55. The molecule has 1 saturated heterocycles. The van der Waals surface area contributed by atoms with Crippen molar-refractivity contribution in [2.24, 2.45) is 0 Å². The molecule has 0 aromatic rings. The zero-order chi connectivity index (χ0) is 9.03. The molecule has 12 heavy (non-hydrogen) atoms. The minimum absolute atomic E-state index is 0.106. The number of ether oxygens (including phenoxy) is 1. The Labute approximate surface area is 75.1 Å². The SMILES string of the molecule is COC1(CN(C)C)CCNCC1. The van der Waals surface area contributed by atoms with Gasteiger partial charge in [-0.1, -0.05) is 0 Å². The molecule has 0 radical (unpaired) electrons. The second kappa shape index (κ2) is 4.21. The summed E-state index contributed by atoms with van der Waals surface area (Å²) in [5, 5.41) is 3.35. The lowest BCUT2D eigenvalue weighted by Crippen LogP contribution is -2.49. The summed E-state index contributed by atoms with van der Waals surface area (Å²) < 4.78 is 5.61. The molecule has 0 spiro atoms. The highest BCUT2D eigenvalue weighted by molar-refractivity contribution is 4.87. The van der Waals surface area contributed by atoms with E-state index in [0.717, 1.165) is 32.5 Å². The third-order valence-electron chi connectivity index (χ3n) is 2.55. The molecule has 1 N–H and O–H groups in total. The van der Waals surface area contributed by atoms with Crippen molar-refractivity contribution in [1.29, 1.82) is 0 Å². The topological polar surface area (TPSA) is 24.5 Å². The van der Waals surface area contributed by atoms with Gasteiger partial charge in [-0.3, -0.25) is 0 Å². The molecular formula is C9H20N2O. The van der Waals surface area contributed by atoms with E-state index in [4.69, 9.17) is 4.74 Å². The molecule has 0 aliphatic carbocycles. The first-order valence-electron chi connectivity index (χ1n) is 4.59. The van der Waals surface area contributed by atoms with Gasteiger partial charge in [-0.2, -0.15) is 0 Å². The standard InChI is InChI=1S/C9H20N2O/c1-11(2)8-9(12-3)4-6-10-7-5-9/h10H,4-8H2,1-3H3. The predicted molar refractivity (Wildman–Crippen MR) is 50.4 cm³/mol. The average molecular weight is 172 g/mol. The third kappa shape index (κ3) is 2.44. The average Bonchev–Trinajstić information content (AvgIpc) is 2.05. The van der Waals surface area contributed by atoms with E-state index >= 15 is 0 Å². The van der Waals surface area contributed by atoms with Crippen LogP contribution < -0.4 is 5.32 Å². The van der Waals surface area contributed by atoms with Gasteiger partial charge in [0.2, 0.25) is 0 Å². The van der Waals surface area contributed by atoms with E-state index < -0.39 is 0 Å². The minimum atomic E-state index is 0.106. The van der Waals surface area contributed by atoms with Crippen LogP contribution in [0.15, 0.2) is 0 Å². The molecule has 0 saturated carbocycles. The van der Waals surface area contributed by atoms with Crippen LogP contribution in [0.25, 0.3) is 0 Å². The first kappa shape index (κ1) is 9.96. The second-order valence-electron chi connectivity index (χ2n) is 3.87. The Morgan fingerprint density at radius 2 is 1.92 bits per heavy atom. The number of hydrogen-bond donors (Lipinski definition) is 1. The quantitative estimate of drug-likeness (QED) is 0.663. The molecule has 0 aromatic carbocycles. The first-order valence-corrected chi connectivity index (χ1v) is 4.59. The molecule has 0 atom stereocenters. The zero-order valence-corrected chi connectivity index (χ0v) is 8.39. The Morgan fingerprint density at radius 3 is 2.33 bits per heavy atom. The molecule has 1 heterocycles. The summed E-state index contributed by atoms with van der Waals surface area (Å²) in [5.41, 5.74) is 0.106. The zero-order valence-electron chi connectivity index (χ0n) is 8.39. The monoisotopic (exact) mass is 172 g/mol. The molecule has 3 nitrogen and oxygen atoms in total. The van der Waals surface area contributed by atoms with E-state index in [1.165, 1.54) is 0 Å². The van der Waals surface area contributed by atoms with Crippen LogP contribution in [0.2, 0.25) is 0 Å². The summed E-state index contributed by atoms with van der Waals surface area (Å²) in [6.07, 6.45) is 2.25. The molecule has 0 bridgehead atoms. The van der Waals surface area contributed by atoms with Crippen LogP contribution in [0.1, 0.15) is 12.8 Å².